The minimum atomic E-state index is 0.0598. The van der Waals surface area contributed by atoms with Crippen molar-refractivity contribution in [3.05, 3.63) is 77.9 Å². The lowest BCUT2D eigenvalue weighted by Gasteiger charge is -2.09. The summed E-state index contributed by atoms with van der Waals surface area (Å²) in [4.78, 5) is 4.18. The van der Waals surface area contributed by atoms with Crippen molar-refractivity contribution in [3.8, 4) is 11.5 Å². The van der Waals surface area contributed by atoms with Crippen LogP contribution >= 0.6 is 0 Å². The van der Waals surface area contributed by atoms with Crippen LogP contribution in [-0.2, 0) is 11.5 Å². The van der Waals surface area contributed by atoms with Crippen LogP contribution in [0, 0.1) is 6.92 Å². The molecule has 178 valence electrons. The average Bonchev–Trinajstić information content (AvgIpc) is 2.86. The standard InChI is InChI=1S/C26H25N5O4/c1-16-9-18-7-8-20(27)11-19(18)12-22(16)29-31-24-14-25(33-2)23(13-26(24)34-3)30-28-21-6-4-5-17(10-21)15-35-32/h4-14,32H,15,27H2,1-3H3. The maximum atomic E-state index is 8.65. The number of aryl methyl sites for hydroxylation is 1. The number of benzene rings is 4. The Morgan fingerprint density at radius 1 is 0.743 bits per heavy atom. The molecule has 0 aliphatic rings. The molecule has 0 unspecified atom stereocenters. The van der Waals surface area contributed by atoms with Gasteiger partial charge in [0.05, 0.1) is 25.6 Å². The van der Waals surface area contributed by atoms with Gasteiger partial charge in [0, 0.05) is 17.8 Å². The zero-order chi connectivity index (χ0) is 24.8. The number of fused-ring (bicyclic) bond motifs is 1. The fourth-order valence-corrected chi connectivity index (χ4v) is 3.55. The minimum absolute atomic E-state index is 0.0598. The second-order valence-electron chi connectivity index (χ2n) is 7.78. The lowest BCUT2D eigenvalue weighted by molar-refractivity contribution is -0.253. The highest BCUT2D eigenvalue weighted by Gasteiger charge is 2.12. The molecule has 4 aromatic rings. The van der Waals surface area contributed by atoms with Gasteiger partial charge in [0.15, 0.2) is 0 Å². The fourth-order valence-electron chi connectivity index (χ4n) is 3.55. The first kappa shape index (κ1) is 23.8. The summed E-state index contributed by atoms with van der Waals surface area (Å²) in [5.41, 5.74) is 10.6. The summed E-state index contributed by atoms with van der Waals surface area (Å²) in [7, 11) is 3.09. The number of nitrogens with two attached hydrogens (primary N) is 1. The van der Waals surface area contributed by atoms with Crippen LogP contribution in [0.2, 0.25) is 0 Å². The molecule has 0 bridgehead atoms. The number of nitrogen functional groups attached to an aromatic ring is 1. The maximum Gasteiger partial charge on any atom is 0.148 e. The van der Waals surface area contributed by atoms with Gasteiger partial charge in [-0.1, -0.05) is 18.2 Å². The Balaban J connectivity index is 1.66. The molecule has 0 amide bonds. The van der Waals surface area contributed by atoms with Gasteiger partial charge in [0.2, 0.25) is 0 Å². The number of methoxy groups -OCH3 is 2. The Morgan fingerprint density at radius 2 is 1.43 bits per heavy atom. The van der Waals surface area contributed by atoms with E-state index in [0.29, 0.717) is 34.2 Å². The molecule has 0 fully saturated rings. The highest BCUT2D eigenvalue weighted by atomic mass is 17.1. The average molecular weight is 472 g/mol. The number of nitrogens with zero attached hydrogens (tertiary/aromatic N) is 4. The molecular formula is C26H25N5O4. The topological polar surface area (TPSA) is 123 Å². The summed E-state index contributed by atoms with van der Waals surface area (Å²) < 4.78 is 11.0. The first-order valence-corrected chi connectivity index (χ1v) is 10.8. The summed E-state index contributed by atoms with van der Waals surface area (Å²) >= 11 is 0. The molecule has 9 heteroatoms. The molecule has 3 N–H and O–H groups in total. The van der Waals surface area contributed by atoms with Gasteiger partial charge in [-0.05, 0) is 65.2 Å². The number of ether oxygens (including phenoxy) is 2. The monoisotopic (exact) mass is 471 g/mol. The van der Waals surface area contributed by atoms with Crippen molar-refractivity contribution >= 4 is 39.2 Å². The van der Waals surface area contributed by atoms with E-state index in [2.05, 4.69) is 25.3 Å². The number of rotatable bonds is 8. The third kappa shape index (κ3) is 5.60. The molecule has 0 spiro atoms. The predicted molar refractivity (Wildman–Crippen MR) is 135 cm³/mol. The predicted octanol–water partition coefficient (Wildman–Crippen LogP) is 7.57. The second-order valence-corrected chi connectivity index (χ2v) is 7.78. The van der Waals surface area contributed by atoms with E-state index in [1.807, 2.05) is 43.3 Å². The van der Waals surface area contributed by atoms with Gasteiger partial charge in [-0.3, -0.25) is 5.26 Å². The van der Waals surface area contributed by atoms with Crippen LogP contribution in [0.5, 0.6) is 11.5 Å². The third-order valence-corrected chi connectivity index (χ3v) is 5.34. The van der Waals surface area contributed by atoms with Gasteiger partial charge in [0.1, 0.15) is 29.5 Å². The van der Waals surface area contributed by atoms with Crippen molar-refractivity contribution in [2.75, 3.05) is 20.0 Å². The van der Waals surface area contributed by atoms with Crippen molar-refractivity contribution < 1.29 is 19.6 Å². The van der Waals surface area contributed by atoms with E-state index in [1.165, 1.54) is 0 Å². The molecule has 0 aromatic heterocycles. The van der Waals surface area contributed by atoms with Crippen LogP contribution in [0.3, 0.4) is 0 Å². The van der Waals surface area contributed by atoms with Crippen LogP contribution in [0.1, 0.15) is 11.1 Å². The zero-order valence-corrected chi connectivity index (χ0v) is 19.6. The molecule has 0 saturated carbocycles. The van der Waals surface area contributed by atoms with Gasteiger partial charge < -0.3 is 15.2 Å². The smallest absolute Gasteiger partial charge is 0.148 e. The van der Waals surface area contributed by atoms with E-state index in [9.17, 15) is 0 Å². The molecule has 0 radical (unpaired) electrons. The Hall–Kier alpha value is -4.34. The summed E-state index contributed by atoms with van der Waals surface area (Å²) in [5, 5.41) is 28.2. The highest BCUT2D eigenvalue weighted by Crippen LogP contribution is 2.41. The summed E-state index contributed by atoms with van der Waals surface area (Å²) in [6.07, 6.45) is 0. The molecule has 0 aliphatic heterocycles. The number of anilines is 1. The number of hydrogen-bond donors (Lipinski definition) is 2. The molecule has 4 rings (SSSR count). The van der Waals surface area contributed by atoms with Crippen molar-refractivity contribution in [1.29, 1.82) is 0 Å². The molecule has 9 nitrogen and oxygen atoms in total. The molecule has 35 heavy (non-hydrogen) atoms. The van der Waals surface area contributed by atoms with Crippen LogP contribution in [0.25, 0.3) is 10.8 Å². The normalized spacial score (nSPS) is 11.5. The van der Waals surface area contributed by atoms with Crippen LogP contribution in [0.15, 0.2) is 87.2 Å². The van der Waals surface area contributed by atoms with Crippen molar-refractivity contribution in [1.82, 2.24) is 0 Å². The molecule has 0 aliphatic carbocycles. The van der Waals surface area contributed by atoms with Gasteiger partial charge >= 0.3 is 0 Å². The fraction of sp³-hybridized carbons (Fsp3) is 0.154. The zero-order valence-electron chi connectivity index (χ0n) is 19.6. The maximum absolute atomic E-state index is 8.65. The van der Waals surface area contributed by atoms with E-state index in [0.717, 1.165) is 27.6 Å². The van der Waals surface area contributed by atoms with Crippen LogP contribution in [0.4, 0.5) is 28.4 Å². The Kier molecular flexibility index (Phi) is 7.30. The van der Waals surface area contributed by atoms with Gasteiger partial charge in [0.25, 0.3) is 0 Å². The van der Waals surface area contributed by atoms with Gasteiger partial charge in [-0.2, -0.15) is 10.2 Å². The van der Waals surface area contributed by atoms with Crippen molar-refractivity contribution in [3.63, 3.8) is 0 Å². The van der Waals surface area contributed by atoms with Gasteiger partial charge in [-0.15, -0.1) is 10.2 Å². The highest BCUT2D eigenvalue weighted by molar-refractivity contribution is 5.89. The Morgan fingerprint density at radius 3 is 2.11 bits per heavy atom. The molecule has 0 atom stereocenters. The van der Waals surface area contributed by atoms with E-state index in [1.54, 1.807) is 44.6 Å². The summed E-state index contributed by atoms with van der Waals surface area (Å²) in [6, 6.07) is 20.3. The van der Waals surface area contributed by atoms with Crippen molar-refractivity contribution in [2.24, 2.45) is 20.5 Å². The Labute approximate surface area is 202 Å². The molecule has 4 aromatic carbocycles. The second kappa shape index (κ2) is 10.7. The quantitative estimate of drug-likeness (QED) is 0.119. The SMILES string of the molecule is COc1cc(N=Nc2cc3cc(N)ccc3cc2C)c(OC)cc1N=Nc1cccc(COO)c1. The largest absolute Gasteiger partial charge is 0.494 e. The third-order valence-electron chi connectivity index (χ3n) is 5.34. The van der Waals surface area contributed by atoms with E-state index in [4.69, 9.17) is 20.5 Å². The summed E-state index contributed by atoms with van der Waals surface area (Å²) in [6.45, 7) is 2.04. The minimum Gasteiger partial charge on any atom is -0.494 e. The lowest BCUT2D eigenvalue weighted by atomic mass is 10.1. The van der Waals surface area contributed by atoms with E-state index >= 15 is 0 Å². The number of azo groups is 2. The van der Waals surface area contributed by atoms with Gasteiger partial charge in [-0.25, -0.2) is 4.89 Å². The number of hydrogen-bond acceptors (Lipinski definition) is 9. The van der Waals surface area contributed by atoms with E-state index < -0.39 is 0 Å². The summed E-state index contributed by atoms with van der Waals surface area (Å²) in [5.74, 6) is 0.926. The van der Waals surface area contributed by atoms with Crippen LogP contribution < -0.4 is 15.2 Å². The first-order valence-electron chi connectivity index (χ1n) is 10.8. The lowest BCUT2D eigenvalue weighted by Crippen LogP contribution is -1.88. The molecule has 0 heterocycles. The van der Waals surface area contributed by atoms with Crippen molar-refractivity contribution in [2.45, 2.75) is 13.5 Å². The van der Waals surface area contributed by atoms with E-state index in [-0.39, 0.29) is 6.61 Å². The molecule has 0 saturated heterocycles. The van der Waals surface area contributed by atoms with Crippen LogP contribution in [-0.4, -0.2) is 19.5 Å². The molecular weight excluding hydrogens is 446 g/mol. The Bertz CT molecular complexity index is 1420. The first-order chi connectivity index (χ1) is 17.0.